The Hall–Kier alpha value is -2.37. The minimum absolute atomic E-state index is 0.150. The Morgan fingerprint density at radius 2 is 2.09 bits per heavy atom. The van der Waals surface area contributed by atoms with E-state index in [0.717, 1.165) is 19.4 Å². The van der Waals surface area contributed by atoms with Crippen molar-refractivity contribution in [2.45, 2.75) is 38.1 Å². The number of nitrogens with zero attached hydrogens (tertiary/aromatic N) is 1. The lowest BCUT2D eigenvalue weighted by Crippen LogP contribution is -2.52. The minimum atomic E-state index is -0.589. The van der Waals surface area contributed by atoms with Crippen molar-refractivity contribution < 1.29 is 14.4 Å². The topological polar surface area (TPSA) is 78.5 Å². The van der Waals surface area contributed by atoms with Gasteiger partial charge in [-0.25, -0.2) is 0 Å². The number of aryl methyl sites for hydroxylation is 1. The molecule has 3 amide bonds. The molecule has 0 spiro atoms. The second kappa shape index (κ2) is 6.81. The lowest BCUT2D eigenvalue weighted by Gasteiger charge is -2.31. The van der Waals surface area contributed by atoms with Crippen molar-refractivity contribution in [2.75, 3.05) is 18.0 Å². The van der Waals surface area contributed by atoms with Crippen molar-refractivity contribution in [3.05, 3.63) is 29.8 Å². The van der Waals surface area contributed by atoms with Crippen LogP contribution in [0.5, 0.6) is 0 Å². The van der Waals surface area contributed by atoms with Gasteiger partial charge in [0.05, 0.1) is 0 Å². The van der Waals surface area contributed by atoms with Crippen molar-refractivity contribution in [1.29, 1.82) is 0 Å². The van der Waals surface area contributed by atoms with Crippen LogP contribution in [0.2, 0.25) is 0 Å². The molecule has 2 aliphatic rings. The molecule has 1 unspecified atom stereocenters. The lowest BCUT2D eigenvalue weighted by molar-refractivity contribution is -0.137. The smallest absolute Gasteiger partial charge is 0.249 e. The maximum atomic E-state index is 12.1. The van der Waals surface area contributed by atoms with Gasteiger partial charge in [-0.3, -0.25) is 19.7 Å². The molecule has 1 aromatic rings. The van der Waals surface area contributed by atoms with E-state index in [9.17, 15) is 14.4 Å². The van der Waals surface area contributed by atoms with Gasteiger partial charge in [0, 0.05) is 31.6 Å². The molecule has 6 heteroatoms. The fourth-order valence-corrected chi connectivity index (χ4v) is 3.18. The SMILES string of the molecule is O=C1CCC(NC(=O)CCN2CCCc3ccccc32)C(=O)N1. The van der Waals surface area contributed by atoms with Crippen LogP contribution >= 0.6 is 0 Å². The molecule has 23 heavy (non-hydrogen) atoms. The van der Waals surface area contributed by atoms with Crippen LogP contribution in [0.4, 0.5) is 5.69 Å². The molecule has 0 aromatic heterocycles. The highest BCUT2D eigenvalue weighted by Crippen LogP contribution is 2.26. The third-order valence-electron chi connectivity index (χ3n) is 4.39. The van der Waals surface area contributed by atoms with Crippen molar-refractivity contribution in [1.82, 2.24) is 10.6 Å². The molecule has 122 valence electrons. The van der Waals surface area contributed by atoms with E-state index >= 15 is 0 Å². The summed E-state index contributed by atoms with van der Waals surface area (Å²) in [5.74, 6) is -0.828. The van der Waals surface area contributed by atoms with Gasteiger partial charge in [-0.15, -0.1) is 0 Å². The largest absolute Gasteiger partial charge is 0.371 e. The summed E-state index contributed by atoms with van der Waals surface area (Å²) in [5.41, 5.74) is 2.52. The molecular weight excluding hydrogens is 294 g/mol. The first-order chi connectivity index (χ1) is 11.1. The molecule has 3 rings (SSSR count). The van der Waals surface area contributed by atoms with Crippen LogP contribution in [0.15, 0.2) is 24.3 Å². The van der Waals surface area contributed by atoms with Crippen molar-refractivity contribution in [3.8, 4) is 0 Å². The lowest BCUT2D eigenvalue weighted by atomic mass is 10.0. The normalized spacial score (nSPS) is 20.7. The number of piperidine rings is 1. The molecule has 1 fully saturated rings. The van der Waals surface area contributed by atoms with Gasteiger partial charge in [0.25, 0.3) is 0 Å². The maximum absolute atomic E-state index is 12.1. The second-order valence-electron chi connectivity index (χ2n) is 6.04. The van der Waals surface area contributed by atoms with Gasteiger partial charge in [0.2, 0.25) is 17.7 Å². The Balaban J connectivity index is 1.52. The average Bonchev–Trinajstić information content (AvgIpc) is 2.55. The zero-order valence-corrected chi connectivity index (χ0v) is 13.0. The summed E-state index contributed by atoms with van der Waals surface area (Å²) in [7, 11) is 0. The van der Waals surface area contributed by atoms with E-state index in [4.69, 9.17) is 0 Å². The number of fused-ring (bicyclic) bond motifs is 1. The predicted octanol–water partition coefficient (Wildman–Crippen LogP) is 0.751. The van der Waals surface area contributed by atoms with Crippen LogP contribution in [-0.4, -0.2) is 36.9 Å². The Bertz CT molecular complexity index is 629. The molecule has 1 saturated heterocycles. The summed E-state index contributed by atoms with van der Waals surface area (Å²) in [4.78, 5) is 37.1. The number of hydrogen-bond acceptors (Lipinski definition) is 4. The van der Waals surface area contributed by atoms with E-state index in [2.05, 4.69) is 27.7 Å². The summed E-state index contributed by atoms with van der Waals surface area (Å²) in [6, 6.07) is 7.68. The fraction of sp³-hybridized carbons (Fsp3) is 0.471. The van der Waals surface area contributed by atoms with Crippen LogP contribution < -0.4 is 15.5 Å². The first kappa shape index (κ1) is 15.5. The summed E-state index contributed by atoms with van der Waals surface area (Å²) in [6.07, 6.45) is 3.16. The second-order valence-corrected chi connectivity index (χ2v) is 6.04. The van der Waals surface area contributed by atoms with Crippen LogP contribution in [0.25, 0.3) is 0 Å². The molecule has 0 saturated carbocycles. The molecule has 0 bridgehead atoms. The molecule has 1 atom stereocenters. The standard InChI is InChI=1S/C17H21N3O3/c21-15-8-7-13(17(23)19-15)18-16(22)9-11-20-10-3-5-12-4-1-2-6-14(12)20/h1-2,4,6,13H,3,5,7-11H2,(H,18,22)(H,19,21,23). The monoisotopic (exact) mass is 315 g/mol. The van der Waals surface area contributed by atoms with Gasteiger partial charge in [-0.05, 0) is 30.9 Å². The number of hydrogen-bond donors (Lipinski definition) is 2. The number of amides is 3. The number of imide groups is 1. The Labute approximate surface area is 135 Å². The van der Waals surface area contributed by atoms with Gasteiger partial charge in [-0.2, -0.15) is 0 Å². The molecule has 2 aliphatic heterocycles. The molecule has 1 aromatic carbocycles. The van der Waals surface area contributed by atoms with E-state index in [1.807, 2.05) is 12.1 Å². The Morgan fingerprint density at radius 1 is 1.26 bits per heavy atom. The highest BCUT2D eigenvalue weighted by molar-refractivity contribution is 6.01. The third-order valence-corrected chi connectivity index (χ3v) is 4.39. The molecular formula is C17H21N3O3. The van der Waals surface area contributed by atoms with Gasteiger partial charge >= 0.3 is 0 Å². The molecule has 6 nitrogen and oxygen atoms in total. The number of nitrogens with one attached hydrogen (secondary N) is 2. The number of anilines is 1. The van der Waals surface area contributed by atoms with E-state index in [1.165, 1.54) is 11.3 Å². The fourth-order valence-electron chi connectivity index (χ4n) is 3.18. The number of carbonyl (C=O) groups excluding carboxylic acids is 3. The summed E-state index contributed by atoms with van der Waals surface area (Å²) >= 11 is 0. The highest BCUT2D eigenvalue weighted by Gasteiger charge is 2.27. The van der Waals surface area contributed by atoms with E-state index in [1.54, 1.807) is 0 Å². The van der Waals surface area contributed by atoms with E-state index < -0.39 is 11.9 Å². The zero-order valence-electron chi connectivity index (χ0n) is 13.0. The van der Waals surface area contributed by atoms with E-state index in [-0.39, 0.29) is 18.2 Å². The van der Waals surface area contributed by atoms with Crippen molar-refractivity contribution in [2.24, 2.45) is 0 Å². The van der Waals surface area contributed by atoms with Crippen LogP contribution in [-0.2, 0) is 20.8 Å². The quantitative estimate of drug-likeness (QED) is 0.804. The average molecular weight is 315 g/mol. The Kier molecular flexibility index (Phi) is 4.60. The Morgan fingerprint density at radius 3 is 2.91 bits per heavy atom. The molecule has 0 radical (unpaired) electrons. The number of rotatable bonds is 4. The predicted molar refractivity (Wildman–Crippen MR) is 85.9 cm³/mol. The van der Waals surface area contributed by atoms with Crippen molar-refractivity contribution >= 4 is 23.4 Å². The first-order valence-corrected chi connectivity index (χ1v) is 8.09. The summed E-state index contributed by atoms with van der Waals surface area (Å²) in [5, 5.41) is 4.97. The number of benzene rings is 1. The van der Waals surface area contributed by atoms with Crippen LogP contribution in [0.1, 0.15) is 31.2 Å². The summed E-state index contributed by atoms with van der Waals surface area (Å²) < 4.78 is 0. The molecule has 2 N–H and O–H groups in total. The first-order valence-electron chi connectivity index (χ1n) is 8.09. The van der Waals surface area contributed by atoms with Gasteiger partial charge < -0.3 is 10.2 Å². The third kappa shape index (κ3) is 3.70. The van der Waals surface area contributed by atoms with Gasteiger partial charge in [-0.1, -0.05) is 18.2 Å². The zero-order chi connectivity index (χ0) is 16.2. The van der Waals surface area contributed by atoms with Gasteiger partial charge in [0.15, 0.2) is 0 Å². The minimum Gasteiger partial charge on any atom is -0.371 e. The number of carbonyl (C=O) groups is 3. The maximum Gasteiger partial charge on any atom is 0.249 e. The highest BCUT2D eigenvalue weighted by atomic mass is 16.2. The number of para-hydroxylation sites is 1. The molecule has 0 aliphatic carbocycles. The van der Waals surface area contributed by atoms with Crippen LogP contribution in [0, 0.1) is 0 Å². The van der Waals surface area contributed by atoms with Crippen LogP contribution in [0.3, 0.4) is 0 Å². The van der Waals surface area contributed by atoms with Gasteiger partial charge in [0.1, 0.15) is 6.04 Å². The van der Waals surface area contributed by atoms with E-state index in [0.29, 0.717) is 19.4 Å². The summed E-state index contributed by atoms with van der Waals surface area (Å²) in [6.45, 7) is 1.58. The molecule has 2 heterocycles. The van der Waals surface area contributed by atoms with Crippen molar-refractivity contribution in [3.63, 3.8) is 0 Å².